The Balaban J connectivity index is 2.32. The first-order valence-electron chi connectivity index (χ1n) is 6.16. The number of hydrogen-bond acceptors (Lipinski definition) is 3. The van der Waals surface area contributed by atoms with Crippen LogP contribution >= 0.6 is 0 Å². The molecule has 1 fully saturated rings. The van der Waals surface area contributed by atoms with Crippen molar-refractivity contribution in [1.29, 1.82) is 0 Å². The fraction of sp³-hybridized carbons (Fsp3) is 0.615. The highest BCUT2D eigenvalue weighted by molar-refractivity contribution is 6.62. The zero-order chi connectivity index (χ0) is 12.7. The van der Waals surface area contributed by atoms with Crippen LogP contribution in [0, 0.1) is 0 Å². The van der Waals surface area contributed by atoms with Gasteiger partial charge in [0.15, 0.2) is 0 Å². The van der Waals surface area contributed by atoms with E-state index in [1.165, 1.54) is 5.56 Å². The first-order chi connectivity index (χ1) is 7.87. The summed E-state index contributed by atoms with van der Waals surface area (Å²) in [4.78, 5) is 4.17. The molecule has 0 aromatic carbocycles. The van der Waals surface area contributed by atoms with Crippen LogP contribution < -0.4 is 5.46 Å². The first kappa shape index (κ1) is 12.6. The van der Waals surface area contributed by atoms with Crippen molar-refractivity contribution in [3.05, 3.63) is 24.0 Å². The Morgan fingerprint density at radius 1 is 1.18 bits per heavy atom. The standard InChI is InChI=1S/C13H20BNO2/c1-6-10-7-8-15-9-11(10)14-16-12(2,3)13(4,5)17-14/h7-9H,6H2,1-5H3. The van der Waals surface area contributed by atoms with E-state index in [1.54, 1.807) is 0 Å². The Morgan fingerprint density at radius 2 is 1.76 bits per heavy atom. The summed E-state index contributed by atoms with van der Waals surface area (Å²) in [7, 11) is -0.302. The highest BCUT2D eigenvalue weighted by Crippen LogP contribution is 2.36. The van der Waals surface area contributed by atoms with Gasteiger partial charge in [0, 0.05) is 17.9 Å². The van der Waals surface area contributed by atoms with E-state index in [1.807, 2.05) is 18.5 Å². The van der Waals surface area contributed by atoms with Crippen LogP contribution in [0.15, 0.2) is 18.5 Å². The maximum atomic E-state index is 6.03. The van der Waals surface area contributed by atoms with E-state index in [0.29, 0.717) is 0 Å². The maximum absolute atomic E-state index is 6.03. The van der Waals surface area contributed by atoms with Crippen molar-refractivity contribution in [3.8, 4) is 0 Å². The predicted octanol–water partition coefficient (Wildman–Crippen LogP) is 1.94. The zero-order valence-corrected chi connectivity index (χ0v) is 11.3. The van der Waals surface area contributed by atoms with Crippen LogP contribution in [-0.4, -0.2) is 23.3 Å². The minimum Gasteiger partial charge on any atom is -0.399 e. The van der Waals surface area contributed by atoms with Crippen LogP contribution in [0.25, 0.3) is 0 Å². The van der Waals surface area contributed by atoms with Crippen LogP contribution in [0.4, 0.5) is 0 Å². The second-order valence-corrected chi connectivity index (χ2v) is 5.52. The fourth-order valence-electron chi connectivity index (χ4n) is 1.94. The first-order valence-corrected chi connectivity index (χ1v) is 6.16. The molecular weight excluding hydrogens is 213 g/mol. The van der Waals surface area contributed by atoms with Crippen LogP contribution in [0.3, 0.4) is 0 Å². The molecule has 2 heterocycles. The third-order valence-electron chi connectivity index (χ3n) is 3.83. The lowest BCUT2D eigenvalue weighted by Gasteiger charge is -2.32. The topological polar surface area (TPSA) is 31.4 Å². The Morgan fingerprint density at radius 3 is 2.29 bits per heavy atom. The molecule has 0 saturated carbocycles. The molecule has 4 heteroatoms. The Labute approximate surface area is 104 Å². The van der Waals surface area contributed by atoms with Gasteiger partial charge in [0.2, 0.25) is 0 Å². The molecule has 1 saturated heterocycles. The lowest BCUT2D eigenvalue weighted by atomic mass is 9.76. The Hall–Kier alpha value is -0.865. The van der Waals surface area contributed by atoms with E-state index in [-0.39, 0.29) is 18.3 Å². The maximum Gasteiger partial charge on any atom is 0.496 e. The van der Waals surface area contributed by atoms with Gasteiger partial charge >= 0.3 is 7.12 Å². The molecule has 1 aliphatic heterocycles. The lowest BCUT2D eigenvalue weighted by molar-refractivity contribution is 0.00578. The van der Waals surface area contributed by atoms with E-state index in [9.17, 15) is 0 Å². The van der Waals surface area contributed by atoms with Crippen LogP contribution in [-0.2, 0) is 15.7 Å². The van der Waals surface area contributed by atoms with Gasteiger partial charge in [-0.2, -0.15) is 0 Å². The molecule has 0 spiro atoms. The van der Waals surface area contributed by atoms with Gasteiger partial charge in [0.05, 0.1) is 11.2 Å². The van der Waals surface area contributed by atoms with Gasteiger partial charge in [-0.1, -0.05) is 6.92 Å². The number of nitrogens with zero attached hydrogens (tertiary/aromatic N) is 1. The van der Waals surface area contributed by atoms with Crippen molar-refractivity contribution in [2.45, 2.75) is 52.2 Å². The zero-order valence-electron chi connectivity index (χ0n) is 11.3. The fourth-order valence-corrected chi connectivity index (χ4v) is 1.94. The SMILES string of the molecule is CCc1ccncc1B1OC(C)(C)C(C)(C)O1. The quantitative estimate of drug-likeness (QED) is 0.731. The summed E-state index contributed by atoms with van der Waals surface area (Å²) in [6, 6.07) is 2.03. The van der Waals surface area contributed by atoms with E-state index in [0.717, 1.165) is 11.9 Å². The van der Waals surface area contributed by atoms with Crippen molar-refractivity contribution in [2.24, 2.45) is 0 Å². The summed E-state index contributed by atoms with van der Waals surface area (Å²) in [6.07, 6.45) is 4.62. The summed E-state index contributed by atoms with van der Waals surface area (Å²) < 4.78 is 12.1. The van der Waals surface area contributed by atoms with Gasteiger partial charge in [0.1, 0.15) is 0 Å². The van der Waals surface area contributed by atoms with Crippen molar-refractivity contribution in [1.82, 2.24) is 4.98 Å². The van der Waals surface area contributed by atoms with Gasteiger partial charge in [-0.15, -0.1) is 0 Å². The van der Waals surface area contributed by atoms with E-state index in [2.05, 4.69) is 39.6 Å². The molecule has 0 amide bonds. The molecule has 0 radical (unpaired) electrons. The molecule has 92 valence electrons. The van der Waals surface area contributed by atoms with E-state index < -0.39 is 0 Å². The van der Waals surface area contributed by atoms with Crippen molar-refractivity contribution < 1.29 is 9.31 Å². The minimum atomic E-state index is -0.302. The van der Waals surface area contributed by atoms with Gasteiger partial charge in [-0.3, -0.25) is 4.98 Å². The Bertz CT molecular complexity index is 402. The normalized spacial score (nSPS) is 21.8. The number of aryl methyl sites for hydroxylation is 1. The lowest BCUT2D eigenvalue weighted by Crippen LogP contribution is -2.41. The van der Waals surface area contributed by atoms with E-state index >= 15 is 0 Å². The summed E-state index contributed by atoms with van der Waals surface area (Å²) in [5.74, 6) is 0. The average Bonchev–Trinajstić information content (AvgIpc) is 2.48. The highest BCUT2D eigenvalue weighted by Gasteiger charge is 2.52. The van der Waals surface area contributed by atoms with Crippen LogP contribution in [0.5, 0.6) is 0 Å². The molecule has 0 aliphatic carbocycles. The largest absolute Gasteiger partial charge is 0.496 e. The molecule has 2 rings (SSSR count). The number of hydrogen-bond donors (Lipinski definition) is 0. The number of pyridine rings is 1. The third-order valence-corrected chi connectivity index (χ3v) is 3.83. The molecule has 0 N–H and O–H groups in total. The second-order valence-electron chi connectivity index (χ2n) is 5.52. The smallest absolute Gasteiger partial charge is 0.399 e. The molecule has 1 aromatic heterocycles. The molecular formula is C13H20BNO2. The number of rotatable bonds is 2. The molecule has 3 nitrogen and oxygen atoms in total. The monoisotopic (exact) mass is 233 g/mol. The van der Waals surface area contributed by atoms with E-state index in [4.69, 9.17) is 9.31 Å². The summed E-state index contributed by atoms with van der Waals surface area (Å²) in [5, 5.41) is 0. The van der Waals surface area contributed by atoms with Gasteiger partial charge < -0.3 is 9.31 Å². The highest BCUT2D eigenvalue weighted by atomic mass is 16.7. The molecule has 17 heavy (non-hydrogen) atoms. The minimum absolute atomic E-state index is 0.293. The van der Waals surface area contributed by atoms with Crippen molar-refractivity contribution in [2.75, 3.05) is 0 Å². The summed E-state index contributed by atoms with van der Waals surface area (Å²) in [6.45, 7) is 10.4. The Kier molecular flexibility index (Phi) is 3.04. The third kappa shape index (κ3) is 2.12. The second kappa shape index (κ2) is 4.11. The summed E-state index contributed by atoms with van der Waals surface area (Å²) in [5.41, 5.74) is 1.70. The van der Waals surface area contributed by atoms with Crippen LogP contribution in [0.2, 0.25) is 0 Å². The predicted molar refractivity (Wildman–Crippen MR) is 69.3 cm³/mol. The van der Waals surface area contributed by atoms with Gasteiger partial charge in [-0.05, 0) is 45.7 Å². The van der Waals surface area contributed by atoms with Crippen molar-refractivity contribution >= 4 is 12.6 Å². The van der Waals surface area contributed by atoms with Gasteiger partial charge in [-0.25, -0.2) is 0 Å². The average molecular weight is 233 g/mol. The van der Waals surface area contributed by atoms with Crippen LogP contribution in [0.1, 0.15) is 40.2 Å². The number of aromatic nitrogens is 1. The summed E-state index contributed by atoms with van der Waals surface area (Å²) >= 11 is 0. The molecule has 0 unspecified atom stereocenters. The molecule has 0 bridgehead atoms. The van der Waals surface area contributed by atoms with Gasteiger partial charge in [0.25, 0.3) is 0 Å². The van der Waals surface area contributed by atoms with Crippen molar-refractivity contribution in [3.63, 3.8) is 0 Å². The molecule has 0 atom stereocenters. The molecule has 1 aromatic rings. The molecule has 1 aliphatic rings.